The lowest BCUT2D eigenvalue weighted by atomic mass is 10.1. The third-order valence-electron chi connectivity index (χ3n) is 2.77. The molecule has 0 amide bonds. The van der Waals surface area contributed by atoms with Gasteiger partial charge in [0.2, 0.25) is 0 Å². The normalized spacial score (nSPS) is 11.3. The summed E-state index contributed by atoms with van der Waals surface area (Å²) in [7, 11) is 0. The molecule has 15 heavy (non-hydrogen) atoms. The highest BCUT2D eigenvalue weighted by molar-refractivity contribution is 5.08. The molecule has 0 aromatic carbocycles. The summed E-state index contributed by atoms with van der Waals surface area (Å²) in [6.45, 7) is 11.9. The van der Waals surface area contributed by atoms with Crippen LogP contribution in [0.2, 0.25) is 0 Å². The molecule has 0 aliphatic carbocycles. The maximum Gasteiger partial charge on any atom is 0.0951 e. The van der Waals surface area contributed by atoms with Gasteiger partial charge < -0.3 is 9.88 Å². The van der Waals surface area contributed by atoms with E-state index in [0.717, 1.165) is 31.2 Å². The summed E-state index contributed by atoms with van der Waals surface area (Å²) in [5.74, 6) is 0.787. The van der Waals surface area contributed by atoms with E-state index in [4.69, 9.17) is 0 Å². The quantitative estimate of drug-likeness (QED) is 0.727. The van der Waals surface area contributed by atoms with Crippen molar-refractivity contribution in [2.75, 3.05) is 13.1 Å². The Hall–Kier alpha value is -0.830. The van der Waals surface area contributed by atoms with E-state index in [1.807, 2.05) is 6.33 Å². The molecule has 1 aromatic rings. The molecule has 0 atom stereocenters. The smallest absolute Gasteiger partial charge is 0.0951 e. The molecule has 3 heteroatoms. The predicted molar refractivity (Wildman–Crippen MR) is 64.0 cm³/mol. The molecule has 0 fully saturated rings. The molecule has 1 heterocycles. The average Bonchev–Trinajstić information content (AvgIpc) is 2.48. The first-order valence-electron chi connectivity index (χ1n) is 5.80. The molecular weight excluding hydrogens is 186 g/mol. The number of hydrogen-bond donors (Lipinski definition) is 1. The number of hydrogen-bond acceptors (Lipinski definition) is 2. The first kappa shape index (κ1) is 12.2. The van der Waals surface area contributed by atoms with Crippen molar-refractivity contribution in [1.82, 2.24) is 14.9 Å². The van der Waals surface area contributed by atoms with Crippen molar-refractivity contribution in [3.05, 3.63) is 17.7 Å². The molecule has 0 aliphatic heterocycles. The summed E-state index contributed by atoms with van der Waals surface area (Å²) < 4.78 is 2.21. The van der Waals surface area contributed by atoms with E-state index >= 15 is 0 Å². The van der Waals surface area contributed by atoms with Crippen molar-refractivity contribution >= 4 is 0 Å². The minimum absolute atomic E-state index is 0.787. The summed E-state index contributed by atoms with van der Waals surface area (Å²) in [5.41, 5.74) is 2.41. The second kappa shape index (κ2) is 5.91. The van der Waals surface area contributed by atoms with E-state index in [0.29, 0.717) is 0 Å². The Morgan fingerprint density at radius 1 is 1.33 bits per heavy atom. The highest BCUT2D eigenvalue weighted by Crippen LogP contribution is 2.03. The Bertz CT molecular complexity index is 289. The van der Waals surface area contributed by atoms with E-state index < -0.39 is 0 Å². The van der Waals surface area contributed by atoms with Gasteiger partial charge in [-0.05, 0) is 32.7 Å². The Labute approximate surface area is 92.9 Å². The second-order valence-electron chi connectivity index (χ2n) is 4.54. The monoisotopic (exact) mass is 209 g/mol. The number of imidazole rings is 1. The van der Waals surface area contributed by atoms with Crippen LogP contribution in [0.25, 0.3) is 0 Å². The van der Waals surface area contributed by atoms with Crippen LogP contribution in [0, 0.1) is 19.8 Å². The van der Waals surface area contributed by atoms with Crippen LogP contribution in [0.4, 0.5) is 0 Å². The highest BCUT2D eigenvalue weighted by atomic mass is 15.1. The van der Waals surface area contributed by atoms with Gasteiger partial charge in [0.05, 0.1) is 12.0 Å². The van der Waals surface area contributed by atoms with Crippen molar-refractivity contribution in [1.29, 1.82) is 0 Å². The van der Waals surface area contributed by atoms with E-state index in [9.17, 15) is 0 Å². The number of rotatable bonds is 6. The van der Waals surface area contributed by atoms with Gasteiger partial charge in [0, 0.05) is 18.8 Å². The minimum Gasteiger partial charge on any atom is -0.333 e. The van der Waals surface area contributed by atoms with Crippen molar-refractivity contribution < 1.29 is 0 Å². The topological polar surface area (TPSA) is 29.9 Å². The van der Waals surface area contributed by atoms with Crippen LogP contribution in [-0.2, 0) is 6.54 Å². The van der Waals surface area contributed by atoms with Crippen molar-refractivity contribution in [2.24, 2.45) is 5.92 Å². The molecule has 0 saturated carbocycles. The zero-order chi connectivity index (χ0) is 11.3. The van der Waals surface area contributed by atoms with Gasteiger partial charge in [-0.2, -0.15) is 0 Å². The van der Waals surface area contributed by atoms with Crippen LogP contribution >= 0.6 is 0 Å². The van der Waals surface area contributed by atoms with Gasteiger partial charge in [-0.25, -0.2) is 4.98 Å². The fourth-order valence-corrected chi connectivity index (χ4v) is 1.48. The van der Waals surface area contributed by atoms with Gasteiger partial charge in [-0.15, -0.1) is 0 Å². The van der Waals surface area contributed by atoms with Gasteiger partial charge in [-0.3, -0.25) is 0 Å². The van der Waals surface area contributed by atoms with Crippen LogP contribution in [-0.4, -0.2) is 22.6 Å². The lowest BCUT2D eigenvalue weighted by Gasteiger charge is -2.08. The van der Waals surface area contributed by atoms with Crippen LogP contribution in [0.5, 0.6) is 0 Å². The Kier molecular flexibility index (Phi) is 4.82. The third-order valence-corrected chi connectivity index (χ3v) is 2.77. The fraction of sp³-hybridized carbons (Fsp3) is 0.750. The Morgan fingerprint density at radius 2 is 2.07 bits per heavy atom. The molecule has 0 unspecified atom stereocenters. The number of aromatic nitrogens is 2. The van der Waals surface area contributed by atoms with E-state index in [-0.39, 0.29) is 0 Å². The Balaban J connectivity index is 2.18. The van der Waals surface area contributed by atoms with Crippen LogP contribution in [0.15, 0.2) is 6.33 Å². The van der Waals surface area contributed by atoms with Crippen LogP contribution in [0.3, 0.4) is 0 Å². The van der Waals surface area contributed by atoms with Gasteiger partial charge in [0.15, 0.2) is 0 Å². The SMILES string of the molecule is Cc1ncn(CCNCCC(C)C)c1C. The molecule has 1 N–H and O–H groups in total. The fourth-order valence-electron chi connectivity index (χ4n) is 1.48. The standard InChI is InChI=1S/C12H23N3/c1-10(2)5-6-13-7-8-15-9-14-11(3)12(15)4/h9-10,13H,5-8H2,1-4H3. The molecule has 0 saturated heterocycles. The Morgan fingerprint density at radius 3 is 2.60 bits per heavy atom. The summed E-state index contributed by atoms with van der Waals surface area (Å²) in [4.78, 5) is 4.28. The molecule has 0 radical (unpaired) electrons. The second-order valence-corrected chi connectivity index (χ2v) is 4.54. The lowest BCUT2D eigenvalue weighted by Crippen LogP contribution is -2.22. The highest BCUT2D eigenvalue weighted by Gasteiger charge is 2.00. The molecule has 3 nitrogen and oxygen atoms in total. The van der Waals surface area contributed by atoms with E-state index in [1.165, 1.54) is 12.1 Å². The molecule has 0 bridgehead atoms. The van der Waals surface area contributed by atoms with Gasteiger partial charge in [0.25, 0.3) is 0 Å². The summed E-state index contributed by atoms with van der Waals surface area (Å²) >= 11 is 0. The molecule has 0 aliphatic rings. The van der Waals surface area contributed by atoms with Crippen molar-refractivity contribution in [3.8, 4) is 0 Å². The molecular formula is C12H23N3. The first-order chi connectivity index (χ1) is 7.11. The molecule has 1 rings (SSSR count). The maximum atomic E-state index is 4.28. The van der Waals surface area contributed by atoms with Crippen molar-refractivity contribution in [2.45, 2.75) is 40.7 Å². The summed E-state index contributed by atoms with van der Waals surface area (Å²) in [6.07, 6.45) is 3.18. The first-order valence-corrected chi connectivity index (χ1v) is 5.80. The van der Waals surface area contributed by atoms with Crippen LogP contribution < -0.4 is 5.32 Å². The largest absolute Gasteiger partial charge is 0.333 e. The van der Waals surface area contributed by atoms with Crippen molar-refractivity contribution in [3.63, 3.8) is 0 Å². The number of aryl methyl sites for hydroxylation is 1. The molecule has 1 aromatic heterocycles. The average molecular weight is 209 g/mol. The minimum atomic E-state index is 0.787. The van der Waals surface area contributed by atoms with E-state index in [1.54, 1.807) is 0 Å². The van der Waals surface area contributed by atoms with Gasteiger partial charge in [-0.1, -0.05) is 13.8 Å². The van der Waals surface area contributed by atoms with Gasteiger partial charge in [0.1, 0.15) is 0 Å². The zero-order valence-corrected chi connectivity index (χ0v) is 10.4. The molecule has 86 valence electrons. The summed E-state index contributed by atoms with van der Waals surface area (Å²) in [6, 6.07) is 0. The summed E-state index contributed by atoms with van der Waals surface area (Å²) in [5, 5.41) is 3.45. The lowest BCUT2D eigenvalue weighted by molar-refractivity contribution is 0.517. The predicted octanol–water partition coefficient (Wildman–Crippen LogP) is 2.14. The van der Waals surface area contributed by atoms with Gasteiger partial charge >= 0.3 is 0 Å². The zero-order valence-electron chi connectivity index (χ0n) is 10.4. The third kappa shape index (κ3) is 4.04. The maximum absolute atomic E-state index is 4.28. The number of nitrogens with one attached hydrogen (secondary N) is 1. The number of nitrogens with zero attached hydrogens (tertiary/aromatic N) is 2. The molecule has 0 spiro atoms. The van der Waals surface area contributed by atoms with E-state index in [2.05, 4.69) is 42.6 Å². The van der Waals surface area contributed by atoms with Crippen LogP contribution in [0.1, 0.15) is 31.7 Å².